The number of fused-ring (bicyclic) bond motifs is 1. The Bertz CT molecular complexity index is 956. The van der Waals surface area contributed by atoms with Crippen molar-refractivity contribution in [1.82, 2.24) is 4.98 Å². The number of hydrogen-bond acceptors (Lipinski definition) is 6. The number of rotatable bonds is 6. The van der Waals surface area contributed by atoms with Crippen LogP contribution in [-0.2, 0) is 14.6 Å². The van der Waals surface area contributed by atoms with Crippen molar-refractivity contribution in [1.29, 1.82) is 0 Å². The van der Waals surface area contributed by atoms with E-state index in [0.717, 1.165) is 0 Å². The summed E-state index contributed by atoms with van der Waals surface area (Å²) in [6, 6.07) is 5.50. The third-order valence-corrected chi connectivity index (χ3v) is 6.27. The maximum absolute atomic E-state index is 14.2. The fourth-order valence-electron chi connectivity index (χ4n) is 2.82. The summed E-state index contributed by atoms with van der Waals surface area (Å²) >= 11 is 5.93. The van der Waals surface area contributed by atoms with E-state index in [1.54, 1.807) is 12.0 Å². The first kappa shape index (κ1) is 19.8. The number of methoxy groups -OCH3 is 1. The van der Waals surface area contributed by atoms with E-state index in [1.165, 1.54) is 24.3 Å². The van der Waals surface area contributed by atoms with Gasteiger partial charge in [0.1, 0.15) is 15.6 Å². The average Bonchev–Trinajstić information content (AvgIpc) is 2.62. The minimum Gasteiger partial charge on any atom is -0.434 e. The van der Waals surface area contributed by atoms with Gasteiger partial charge in [-0.2, -0.15) is 9.37 Å². The Hall–Kier alpha value is -1.97. The zero-order chi connectivity index (χ0) is 19.6. The number of benzene rings is 1. The van der Waals surface area contributed by atoms with E-state index in [-0.39, 0.29) is 34.5 Å². The standard InChI is InChI=1S/C17H17ClF2N2O4S/c1-25-9-4-7-22-8-10-27(23,24)15-13(18)16(20)21-17(14(15)22)26-12-6-3-2-5-11(12)19/h2-3,5-6H,4,7-10H2,1H3. The van der Waals surface area contributed by atoms with E-state index in [9.17, 15) is 17.2 Å². The number of halogens is 3. The molecule has 1 aromatic carbocycles. The molecule has 6 nitrogen and oxygen atoms in total. The van der Waals surface area contributed by atoms with Crippen LogP contribution in [0.4, 0.5) is 14.5 Å². The summed E-state index contributed by atoms with van der Waals surface area (Å²) in [4.78, 5) is 4.94. The van der Waals surface area contributed by atoms with E-state index < -0.39 is 26.6 Å². The lowest BCUT2D eigenvalue weighted by Crippen LogP contribution is -2.37. The van der Waals surface area contributed by atoms with Gasteiger partial charge >= 0.3 is 0 Å². The maximum Gasteiger partial charge on any atom is 0.247 e. The van der Waals surface area contributed by atoms with Gasteiger partial charge in [-0.05, 0) is 18.6 Å². The summed E-state index contributed by atoms with van der Waals surface area (Å²) in [5.74, 6) is -2.65. The monoisotopic (exact) mass is 418 g/mol. The lowest BCUT2D eigenvalue weighted by molar-refractivity contribution is 0.196. The van der Waals surface area contributed by atoms with Crippen LogP contribution < -0.4 is 9.64 Å². The second-order valence-corrected chi connectivity index (χ2v) is 8.31. The highest BCUT2D eigenvalue weighted by molar-refractivity contribution is 7.91. The smallest absolute Gasteiger partial charge is 0.247 e. The third-order valence-electron chi connectivity index (χ3n) is 4.07. The Labute approximate surface area is 160 Å². The van der Waals surface area contributed by atoms with Gasteiger partial charge in [-0.1, -0.05) is 23.7 Å². The zero-order valence-electron chi connectivity index (χ0n) is 14.4. The van der Waals surface area contributed by atoms with Crippen LogP contribution >= 0.6 is 11.6 Å². The van der Waals surface area contributed by atoms with Gasteiger partial charge in [0.25, 0.3) is 0 Å². The summed E-state index contributed by atoms with van der Waals surface area (Å²) < 4.78 is 63.7. The fourth-order valence-corrected chi connectivity index (χ4v) is 4.84. The van der Waals surface area contributed by atoms with Gasteiger partial charge in [0.05, 0.1) is 5.75 Å². The number of nitrogens with zero attached hydrogens (tertiary/aromatic N) is 2. The van der Waals surface area contributed by atoms with Gasteiger partial charge in [-0.25, -0.2) is 12.8 Å². The van der Waals surface area contributed by atoms with Gasteiger partial charge in [0.15, 0.2) is 21.4 Å². The van der Waals surface area contributed by atoms with E-state index in [1.807, 2.05) is 0 Å². The van der Waals surface area contributed by atoms with Gasteiger partial charge in [-0.15, -0.1) is 0 Å². The Morgan fingerprint density at radius 3 is 2.74 bits per heavy atom. The number of sulfone groups is 1. The molecule has 0 aliphatic carbocycles. The molecule has 0 saturated heterocycles. The molecule has 0 N–H and O–H groups in total. The molecule has 2 heterocycles. The van der Waals surface area contributed by atoms with Crippen molar-refractivity contribution >= 4 is 27.1 Å². The van der Waals surface area contributed by atoms with Crippen molar-refractivity contribution in [2.75, 3.05) is 37.5 Å². The van der Waals surface area contributed by atoms with Crippen molar-refractivity contribution in [2.45, 2.75) is 11.3 Å². The summed E-state index contributed by atoms with van der Waals surface area (Å²) in [7, 11) is -2.29. The number of para-hydroxylation sites is 1. The van der Waals surface area contributed by atoms with Crippen LogP contribution in [0.2, 0.25) is 5.02 Å². The fraction of sp³-hybridized carbons (Fsp3) is 0.353. The van der Waals surface area contributed by atoms with Crippen molar-refractivity contribution in [2.24, 2.45) is 0 Å². The summed E-state index contributed by atoms with van der Waals surface area (Å²) in [5, 5.41) is -0.595. The van der Waals surface area contributed by atoms with Crippen LogP contribution in [0.1, 0.15) is 6.42 Å². The zero-order valence-corrected chi connectivity index (χ0v) is 16.0. The van der Waals surface area contributed by atoms with Crippen LogP contribution in [0.25, 0.3) is 0 Å². The summed E-state index contributed by atoms with van der Waals surface area (Å²) in [5.41, 5.74) is 0.0343. The molecule has 1 aliphatic heterocycles. The highest BCUT2D eigenvalue weighted by atomic mass is 35.5. The van der Waals surface area contributed by atoms with E-state index >= 15 is 0 Å². The molecule has 10 heteroatoms. The topological polar surface area (TPSA) is 68.7 Å². The summed E-state index contributed by atoms with van der Waals surface area (Å²) in [6.45, 7) is 1.01. The minimum absolute atomic E-state index is 0.0343. The molecule has 1 aromatic heterocycles. The highest BCUT2D eigenvalue weighted by Gasteiger charge is 2.36. The molecular formula is C17H17ClF2N2O4S. The van der Waals surface area contributed by atoms with E-state index in [2.05, 4.69) is 4.98 Å². The molecular weight excluding hydrogens is 402 g/mol. The van der Waals surface area contributed by atoms with Gasteiger partial charge in [-0.3, -0.25) is 0 Å². The first-order chi connectivity index (χ1) is 12.8. The molecule has 0 atom stereocenters. The Morgan fingerprint density at radius 2 is 2.04 bits per heavy atom. The number of aromatic nitrogens is 1. The van der Waals surface area contributed by atoms with Crippen molar-refractivity contribution in [3.8, 4) is 11.6 Å². The van der Waals surface area contributed by atoms with Crippen LogP contribution in [0.5, 0.6) is 11.6 Å². The van der Waals surface area contributed by atoms with Crippen molar-refractivity contribution < 1.29 is 26.7 Å². The molecule has 0 fully saturated rings. The van der Waals surface area contributed by atoms with Gasteiger partial charge in [0, 0.05) is 26.8 Å². The molecule has 0 bridgehead atoms. The maximum atomic E-state index is 14.2. The van der Waals surface area contributed by atoms with Crippen LogP contribution in [-0.4, -0.2) is 46.0 Å². The SMILES string of the molecule is COCCCN1CCS(=O)(=O)c2c(Cl)c(F)nc(Oc3ccccc3F)c21. The van der Waals surface area contributed by atoms with E-state index in [0.29, 0.717) is 19.6 Å². The van der Waals surface area contributed by atoms with Crippen LogP contribution in [0, 0.1) is 11.8 Å². The normalized spacial score (nSPS) is 15.5. The number of pyridine rings is 1. The van der Waals surface area contributed by atoms with Gasteiger partial charge < -0.3 is 14.4 Å². The second kappa shape index (κ2) is 7.95. The van der Waals surface area contributed by atoms with Crippen LogP contribution in [0.3, 0.4) is 0 Å². The molecule has 0 unspecified atom stereocenters. The first-order valence-corrected chi connectivity index (χ1v) is 10.2. The molecule has 3 rings (SSSR count). The third kappa shape index (κ3) is 3.99. The van der Waals surface area contributed by atoms with E-state index in [4.69, 9.17) is 21.1 Å². The summed E-state index contributed by atoms with van der Waals surface area (Å²) in [6.07, 6.45) is 0.587. The van der Waals surface area contributed by atoms with Crippen LogP contribution in [0.15, 0.2) is 29.2 Å². The molecule has 0 spiro atoms. The highest BCUT2D eigenvalue weighted by Crippen LogP contribution is 2.44. The molecule has 27 heavy (non-hydrogen) atoms. The predicted octanol–water partition coefficient (Wildman–Crippen LogP) is 3.44. The van der Waals surface area contributed by atoms with Crippen molar-refractivity contribution in [3.05, 3.63) is 41.1 Å². The molecule has 1 aliphatic rings. The molecule has 2 aromatic rings. The lowest BCUT2D eigenvalue weighted by Gasteiger charge is -2.32. The molecule has 0 amide bonds. The molecule has 0 radical (unpaired) electrons. The average molecular weight is 419 g/mol. The predicted molar refractivity (Wildman–Crippen MR) is 96.4 cm³/mol. The second-order valence-electron chi connectivity index (χ2n) is 5.88. The quantitative estimate of drug-likeness (QED) is 0.528. The Morgan fingerprint density at radius 1 is 1.30 bits per heavy atom. The molecule has 0 saturated carbocycles. The number of ether oxygens (including phenoxy) is 2. The minimum atomic E-state index is -3.84. The Kier molecular flexibility index (Phi) is 5.83. The first-order valence-electron chi connectivity index (χ1n) is 8.13. The van der Waals surface area contributed by atoms with Crippen molar-refractivity contribution in [3.63, 3.8) is 0 Å². The lowest BCUT2D eigenvalue weighted by atomic mass is 10.3. The number of hydrogen-bond donors (Lipinski definition) is 0. The largest absolute Gasteiger partial charge is 0.434 e. The number of anilines is 1. The Balaban J connectivity index is 2.13. The molecule has 146 valence electrons. The van der Waals surface area contributed by atoms with Gasteiger partial charge in [0.2, 0.25) is 11.8 Å².